The first-order valence-electron chi connectivity index (χ1n) is 6.80. The first-order chi connectivity index (χ1) is 10.1. The van der Waals surface area contributed by atoms with Crippen LogP contribution in [-0.4, -0.2) is 33.4 Å². The molecule has 2 heterocycles. The molecule has 0 spiro atoms. The van der Waals surface area contributed by atoms with Crippen LogP contribution in [0.2, 0.25) is 0 Å². The van der Waals surface area contributed by atoms with E-state index in [9.17, 15) is 14.7 Å². The Morgan fingerprint density at radius 3 is 2.95 bits per heavy atom. The van der Waals surface area contributed by atoms with Gasteiger partial charge in [-0.1, -0.05) is 5.11 Å². The Hall–Kier alpha value is -2.09. The van der Waals surface area contributed by atoms with Gasteiger partial charge in [-0.2, -0.15) is 0 Å². The third-order valence-corrected chi connectivity index (χ3v) is 3.85. The van der Waals surface area contributed by atoms with Gasteiger partial charge in [-0.25, -0.2) is 4.79 Å². The van der Waals surface area contributed by atoms with E-state index in [1.165, 1.54) is 10.8 Å². The highest BCUT2D eigenvalue weighted by Gasteiger charge is 2.36. The van der Waals surface area contributed by atoms with Crippen molar-refractivity contribution in [3.63, 3.8) is 0 Å². The summed E-state index contributed by atoms with van der Waals surface area (Å²) in [5, 5.41) is 13.3. The Kier molecular flexibility index (Phi) is 3.54. The Morgan fingerprint density at radius 1 is 1.52 bits per heavy atom. The summed E-state index contributed by atoms with van der Waals surface area (Å²) in [5.74, 6) is 0.200. The summed E-state index contributed by atoms with van der Waals surface area (Å²) >= 11 is 0. The van der Waals surface area contributed by atoms with E-state index >= 15 is 0 Å². The molecule has 2 aliphatic rings. The summed E-state index contributed by atoms with van der Waals surface area (Å²) in [4.78, 5) is 28.6. The molecule has 2 N–H and O–H groups in total. The number of aliphatic hydroxyl groups is 1. The van der Waals surface area contributed by atoms with Crippen LogP contribution in [-0.2, 0) is 4.74 Å². The summed E-state index contributed by atoms with van der Waals surface area (Å²) in [6, 6.07) is 0. The molecule has 0 unspecified atom stereocenters. The Balaban J connectivity index is 1.87. The molecule has 1 aromatic rings. The second-order valence-electron chi connectivity index (χ2n) is 5.37. The van der Waals surface area contributed by atoms with Gasteiger partial charge in [0.05, 0.1) is 18.8 Å². The zero-order valence-corrected chi connectivity index (χ0v) is 11.2. The number of nitrogens with one attached hydrogen (secondary N) is 1. The van der Waals surface area contributed by atoms with Crippen LogP contribution < -0.4 is 11.2 Å². The van der Waals surface area contributed by atoms with Gasteiger partial charge in [-0.3, -0.25) is 14.3 Å². The lowest BCUT2D eigenvalue weighted by Gasteiger charge is -2.15. The molecule has 1 saturated heterocycles. The van der Waals surface area contributed by atoms with Crippen molar-refractivity contribution in [2.75, 3.05) is 6.54 Å². The van der Waals surface area contributed by atoms with Crippen LogP contribution in [0.1, 0.15) is 37.0 Å². The van der Waals surface area contributed by atoms with Crippen LogP contribution in [0.25, 0.3) is 10.4 Å². The fourth-order valence-corrected chi connectivity index (χ4v) is 2.57. The van der Waals surface area contributed by atoms with Crippen LogP contribution >= 0.6 is 0 Å². The lowest BCUT2D eigenvalue weighted by molar-refractivity contribution is -0.0151. The molecule has 1 saturated carbocycles. The van der Waals surface area contributed by atoms with Gasteiger partial charge in [0.15, 0.2) is 0 Å². The van der Waals surface area contributed by atoms with E-state index in [4.69, 9.17) is 10.3 Å². The maximum absolute atomic E-state index is 11.9. The highest BCUT2D eigenvalue weighted by atomic mass is 16.5. The second kappa shape index (κ2) is 5.36. The average Bonchev–Trinajstić information content (AvgIpc) is 3.21. The number of aromatic amines is 1. The zero-order chi connectivity index (χ0) is 15.0. The smallest absolute Gasteiger partial charge is 0.330 e. The van der Waals surface area contributed by atoms with Crippen molar-refractivity contribution in [1.82, 2.24) is 9.55 Å². The van der Waals surface area contributed by atoms with Crippen LogP contribution in [0.5, 0.6) is 0 Å². The lowest BCUT2D eigenvalue weighted by Crippen LogP contribution is -2.34. The van der Waals surface area contributed by atoms with Crippen molar-refractivity contribution in [2.24, 2.45) is 5.11 Å². The molecule has 3 rings (SSSR count). The van der Waals surface area contributed by atoms with Gasteiger partial charge in [0.1, 0.15) is 6.23 Å². The predicted molar refractivity (Wildman–Crippen MR) is 71.8 cm³/mol. The largest absolute Gasteiger partial charge is 0.390 e. The number of hydrogen-bond acceptors (Lipinski definition) is 5. The number of aliphatic hydroxyl groups excluding tert-OH is 1. The molecule has 1 aliphatic heterocycles. The molecule has 0 radical (unpaired) electrons. The van der Waals surface area contributed by atoms with Crippen molar-refractivity contribution in [3.8, 4) is 0 Å². The van der Waals surface area contributed by atoms with E-state index in [-0.39, 0.29) is 24.4 Å². The maximum Gasteiger partial charge on any atom is 0.330 e. The van der Waals surface area contributed by atoms with Crippen LogP contribution in [0.15, 0.2) is 20.9 Å². The number of H-pyrrole nitrogens is 1. The van der Waals surface area contributed by atoms with Crippen molar-refractivity contribution in [1.29, 1.82) is 0 Å². The third kappa shape index (κ3) is 2.71. The predicted octanol–water partition coefficient (Wildman–Crippen LogP) is 0.373. The monoisotopic (exact) mass is 293 g/mol. The highest BCUT2D eigenvalue weighted by molar-refractivity contribution is 5.17. The molecule has 0 bridgehead atoms. The molecule has 9 nitrogen and oxygen atoms in total. The van der Waals surface area contributed by atoms with Gasteiger partial charge in [-0.15, -0.1) is 0 Å². The van der Waals surface area contributed by atoms with E-state index in [1.807, 2.05) is 0 Å². The van der Waals surface area contributed by atoms with Crippen molar-refractivity contribution in [2.45, 2.75) is 43.6 Å². The molecule has 112 valence electrons. The van der Waals surface area contributed by atoms with E-state index in [0.29, 0.717) is 5.56 Å². The summed E-state index contributed by atoms with van der Waals surface area (Å²) < 4.78 is 6.86. The standard InChI is InChI=1S/C12H15N5O4/c13-16-14-4-9-8(18)3-10(21-9)17-5-7(6-1-2-6)11(19)15-12(17)20/h5-6,8-10,18H,1-4H2,(H,15,19,20)/t8-,9+,10+/m0/s1. The second-order valence-corrected chi connectivity index (χ2v) is 5.37. The van der Waals surface area contributed by atoms with Crippen LogP contribution in [0, 0.1) is 0 Å². The molecule has 0 amide bonds. The minimum absolute atomic E-state index is 0.00174. The van der Waals surface area contributed by atoms with Crippen LogP contribution in [0.3, 0.4) is 0 Å². The van der Waals surface area contributed by atoms with E-state index < -0.39 is 24.1 Å². The highest BCUT2D eigenvalue weighted by Crippen LogP contribution is 2.38. The van der Waals surface area contributed by atoms with Gasteiger partial charge in [-0.05, 0) is 24.3 Å². The van der Waals surface area contributed by atoms with Crippen molar-refractivity contribution in [3.05, 3.63) is 43.0 Å². The fraction of sp³-hybridized carbons (Fsp3) is 0.667. The SMILES string of the molecule is [N-]=[N+]=NC[C@H]1O[C@@H](n2cc(C3CC3)c(=O)[nH]c2=O)C[C@@H]1O. The number of hydrogen-bond donors (Lipinski definition) is 2. The quantitative estimate of drug-likeness (QED) is 0.471. The van der Waals surface area contributed by atoms with Gasteiger partial charge in [0.2, 0.25) is 0 Å². The van der Waals surface area contributed by atoms with Crippen molar-refractivity contribution < 1.29 is 9.84 Å². The molecule has 3 atom stereocenters. The Morgan fingerprint density at radius 2 is 2.29 bits per heavy atom. The fourth-order valence-electron chi connectivity index (χ4n) is 2.57. The first kappa shape index (κ1) is 13.9. The number of azide groups is 1. The molecule has 0 aromatic carbocycles. The average molecular weight is 293 g/mol. The number of ether oxygens (including phenoxy) is 1. The Bertz CT molecular complexity index is 700. The summed E-state index contributed by atoms with van der Waals surface area (Å²) in [6.07, 6.45) is 1.48. The summed E-state index contributed by atoms with van der Waals surface area (Å²) in [6.45, 7) is 0.00174. The van der Waals surface area contributed by atoms with Crippen molar-refractivity contribution >= 4 is 0 Å². The number of aromatic nitrogens is 2. The normalized spacial score (nSPS) is 28.3. The van der Waals surface area contributed by atoms with Gasteiger partial charge in [0.25, 0.3) is 5.56 Å². The maximum atomic E-state index is 11.9. The number of rotatable bonds is 4. The van der Waals surface area contributed by atoms with E-state index in [0.717, 1.165) is 12.8 Å². The first-order valence-corrected chi connectivity index (χ1v) is 6.80. The van der Waals surface area contributed by atoms with Gasteiger partial charge >= 0.3 is 5.69 Å². The molecule has 21 heavy (non-hydrogen) atoms. The van der Waals surface area contributed by atoms with Crippen LogP contribution in [0.4, 0.5) is 0 Å². The summed E-state index contributed by atoms with van der Waals surface area (Å²) in [7, 11) is 0. The topological polar surface area (TPSA) is 133 Å². The van der Waals surface area contributed by atoms with Gasteiger partial charge in [0, 0.05) is 23.1 Å². The van der Waals surface area contributed by atoms with Gasteiger partial charge < -0.3 is 9.84 Å². The molecule has 1 aromatic heterocycles. The van der Waals surface area contributed by atoms with E-state index in [2.05, 4.69) is 15.0 Å². The molecule has 2 fully saturated rings. The Labute approximate surface area is 118 Å². The molecule has 9 heteroatoms. The minimum atomic E-state index is -0.816. The molecule has 1 aliphatic carbocycles. The zero-order valence-electron chi connectivity index (χ0n) is 11.2. The molecular weight excluding hydrogens is 278 g/mol. The third-order valence-electron chi connectivity index (χ3n) is 3.85. The minimum Gasteiger partial charge on any atom is -0.390 e. The number of nitrogens with zero attached hydrogens (tertiary/aromatic N) is 4. The lowest BCUT2D eigenvalue weighted by atomic mass is 10.2. The van der Waals surface area contributed by atoms with E-state index in [1.54, 1.807) is 0 Å². The summed E-state index contributed by atoms with van der Waals surface area (Å²) in [5.41, 5.74) is 7.95. The molecular formula is C12H15N5O4.